The summed E-state index contributed by atoms with van der Waals surface area (Å²) in [6.45, 7) is 1.75. The maximum atomic E-state index is 8.48. The summed E-state index contributed by atoms with van der Waals surface area (Å²) in [5.41, 5.74) is 0. The molecule has 0 radical (unpaired) electrons. The van der Waals surface area contributed by atoms with E-state index in [1.807, 2.05) is 0 Å². The van der Waals surface area contributed by atoms with Gasteiger partial charge in [-0.2, -0.15) is 0 Å². The summed E-state index contributed by atoms with van der Waals surface area (Å²) in [6, 6.07) is 0. The van der Waals surface area contributed by atoms with Crippen LogP contribution in [0.1, 0.15) is 0 Å². The van der Waals surface area contributed by atoms with Gasteiger partial charge in [0.15, 0.2) is 0 Å². The van der Waals surface area contributed by atoms with Crippen LogP contribution in [0.3, 0.4) is 0 Å². The van der Waals surface area contributed by atoms with E-state index in [1.54, 1.807) is 4.90 Å². The monoisotopic (exact) mass is 177 g/mol. The normalized spacial score (nSPS) is 9.82. The van der Waals surface area contributed by atoms with Crippen LogP contribution in [-0.2, 0) is 0 Å². The van der Waals surface area contributed by atoms with E-state index >= 15 is 0 Å². The minimum atomic E-state index is 0. The van der Waals surface area contributed by atoms with E-state index in [2.05, 4.69) is 0 Å². The fraction of sp³-hybridized carbons (Fsp3) is 1.00. The second kappa shape index (κ2) is 10.1. The van der Waals surface area contributed by atoms with Crippen LogP contribution >= 0.6 is 0 Å². The van der Waals surface area contributed by atoms with Crippen LogP contribution in [0.5, 0.6) is 0 Å². The topological polar surface area (TPSA) is 63.9 Å². The van der Waals surface area contributed by atoms with Crippen LogP contribution in [0.25, 0.3) is 0 Å². The average molecular weight is 177 g/mol. The van der Waals surface area contributed by atoms with Crippen molar-refractivity contribution < 1.29 is 15.3 Å². The van der Waals surface area contributed by atoms with Crippen LogP contribution in [0, 0.1) is 0 Å². The Morgan fingerprint density at radius 2 is 1.00 bits per heavy atom. The van der Waals surface area contributed by atoms with Crippen molar-refractivity contribution in [2.75, 3.05) is 39.5 Å². The van der Waals surface area contributed by atoms with Gasteiger partial charge in [0.2, 0.25) is 0 Å². The third-order valence-electron chi connectivity index (χ3n) is 1.25. The van der Waals surface area contributed by atoms with E-state index in [0.29, 0.717) is 19.6 Å². The minimum absolute atomic E-state index is 0. The fourth-order valence-electron chi connectivity index (χ4n) is 0.760. The number of aliphatic hydroxyl groups is 3. The predicted molar refractivity (Wildman–Crippen MR) is 43.5 cm³/mol. The Hall–Kier alpha value is 0.0569. The molecule has 0 aromatic rings. The van der Waals surface area contributed by atoms with Gasteiger partial charge in [-0.3, -0.25) is 4.90 Å². The van der Waals surface area contributed by atoms with E-state index in [9.17, 15) is 0 Å². The summed E-state index contributed by atoms with van der Waals surface area (Å²) in [5, 5.41) is 25.5. The van der Waals surface area contributed by atoms with Crippen molar-refractivity contribution in [3.8, 4) is 0 Å². The molecule has 0 rings (SSSR count). The van der Waals surface area contributed by atoms with Crippen molar-refractivity contribution in [2.45, 2.75) is 0 Å². The Labute approximate surface area is 71.5 Å². The van der Waals surface area contributed by atoms with Gasteiger partial charge >= 0.3 is 11.0 Å². The van der Waals surface area contributed by atoms with Gasteiger partial charge in [0.1, 0.15) is 0 Å². The third-order valence-corrected chi connectivity index (χ3v) is 1.25. The quantitative estimate of drug-likeness (QED) is 0.406. The first kappa shape index (κ1) is 13.6. The fourth-order valence-corrected chi connectivity index (χ4v) is 0.760. The van der Waals surface area contributed by atoms with Gasteiger partial charge in [0, 0.05) is 19.6 Å². The molecular formula is C6H15NO3Si+4. The minimum Gasteiger partial charge on any atom is -0.395 e. The zero-order valence-electron chi connectivity index (χ0n) is 6.53. The molecule has 0 aromatic heterocycles. The number of hydrogen-bond donors (Lipinski definition) is 3. The SMILES string of the molecule is OCCN(CCO)CCO.[Si+4]. The van der Waals surface area contributed by atoms with Gasteiger partial charge in [-0.05, 0) is 0 Å². The molecule has 0 aliphatic carbocycles. The molecule has 0 aliphatic rings. The van der Waals surface area contributed by atoms with Crippen LogP contribution < -0.4 is 0 Å². The molecule has 62 valence electrons. The van der Waals surface area contributed by atoms with E-state index in [4.69, 9.17) is 15.3 Å². The second-order valence-electron chi connectivity index (χ2n) is 2.01. The predicted octanol–water partition coefficient (Wildman–Crippen LogP) is -2.12. The zero-order chi connectivity index (χ0) is 7.82. The Balaban J connectivity index is 0. The van der Waals surface area contributed by atoms with Crippen molar-refractivity contribution >= 4 is 11.0 Å². The van der Waals surface area contributed by atoms with Crippen LogP contribution in [0.15, 0.2) is 0 Å². The molecule has 0 bridgehead atoms. The van der Waals surface area contributed by atoms with E-state index < -0.39 is 0 Å². The molecule has 11 heavy (non-hydrogen) atoms. The zero-order valence-corrected chi connectivity index (χ0v) is 7.53. The average Bonchev–Trinajstić information content (AvgIpc) is 1.90. The van der Waals surface area contributed by atoms with E-state index in [1.165, 1.54) is 0 Å². The van der Waals surface area contributed by atoms with Crippen LogP contribution in [0.2, 0.25) is 0 Å². The summed E-state index contributed by atoms with van der Waals surface area (Å²) in [7, 11) is 0. The van der Waals surface area contributed by atoms with Gasteiger partial charge in [0.05, 0.1) is 19.8 Å². The first-order valence-electron chi connectivity index (χ1n) is 3.40. The van der Waals surface area contributed by atoms with Gasteiger partial charge in [-0.15, -0.1) is 0 Å². The van der Waals surface area contributed by atoms with Gasteiger partial charge in [-0.1, -0.05) is 0 Å². The third kappa shape index (κ3) is 7.96. The first-order chi connectivity index (χ1) is 4.85. The summed E-state index contributed by atoms with van der Waals surface area (Å²) in [6.07, 6.45) is 0. The summed E-state index contributed by atoms with van der Waals surface area (Å²) < 4.78 is 0. The largest absolute Gasteiger partial charge is 4.00 e. The molecule has 0 unspecified atom stereocenters. The molecule has 0 amide bonds. The number of nitrogens with zero attached hydrogens (tertiary/aromatic N) is 1. The van der Waals surface area contributed by atoms with Crippen LogP contribution in [0.4, 0.5) is 0 Å². The number of rotatable bonds is 6. The maximum Gasteiger partial charge on any atom is 4.00 e. The molecule has 0 aromatic carbocycles. The maximum absolute atomic E-state index is 8.48. The van der Waals surface area contributed by atoms with Gasteiger partial charge in [-0.25, -0.2) is 0 Å². The molecule has 3 N–H and O–H groups in total. The van der Waals surface area contributed by atoms with E-state index in [-0.39, 0.29) is 30.8 Å². The molecule has 0 atom stereocenters. The van der Waals surface area contributed by atoms with Crippen molar-refractivity contribution in [3.63, 3.8) is 0 Å². The molecule has 0 saturated carbocycles. The standard InChI is InChI=1S/C6H15NO3.Si/c8-4-1-7(2-5-9)3-6-10;/h8-10H,1-6H2;/q;+4. The molecule has 0 heterocycles. The van der Waals surface area contributed by atoms with Gasteiger partial charge in [0.25, 0.3) is 0 Å². The molecule has 0 spiro atoms. The Bertz CT molecular complexity index is 60.6. The first-order valence-corrected chi connectivity index (χ1v) is 3.40. The number of aliphatic hydroxyl groups excluding tert-OH is 3. The summed E-state index contributed by atoms with van der Waals surface area (Å²) in [4.78, 5) is 1.79. The van der Waals surface area contributed by atoms with Crippen molar-refractivity contribution in [3.05, 3.63) is 0 Å². The summed E-state index contributed by atoms with van der Waals surface area (Å²) in [5.74, 6) is 0. The molecule has 0 fully saturated rings. The summed E-state index contributed by atoms with van der Waals surface area (Å²) >= 11 is 0. The smallest absolute Gasteiger partial charge is 0.395 e. The van der Waals surface area contributed by atoms with Crippen molar-refractivity contribution in [2.24, 2.45) is 0 Å². The Morgan fingerprint density at radius 3 is 1.18 bits per heavy atom. The van der Waals surface area contributed by atoms with E-state index in [0.717, 1.165) is 0 Å². The van der Waals surface area contributed by atoms with Gasteiger partial charge < -0.3 is 15.3 Å². The van der Waals surface area contributed by atoms with Crippen molar-refractivity contribution in [1.29, 1.82) is 0 Å². The molecule has 5 heteroatoms. The van der Waals surface area contributed by atoms with Crippen molar-refractivity contribution in [1.82, 2.24) is 4.90 Å². The molecule has 0 aliphatic heterocycles. The number of hydrogen-bond acceptors (Lipinski definition) is 4. The second-order valence-corrected chi connectivity index (χ2v) is 2.01. The van der Waals surface area contributed by atoms with Crippen LogP contribution in [-0.4, -0.2) is 70.6 Å². The Kier molecular flexibility index (Phi) is 12.5. The molecule has 0 saturated heterocycles. The molecule has 4 nitrogen and oxygen atoms in total. The molecular weight excluding hydrogens is 162 g/mol. The Morgan fingerprint density at radius 1 is 0.727 bits per heavy atom.